The highest BCUT2D eigenvalue weighted by Crippen LogP contribution is 2.28. The number of aromatic hydroxyl groups is 1. The third-order valence-corrected chi connectivity index (χ3v) is 16.4. The molecule has 9 atom stereocenters. The van der Waals surface area contributed by atoms with E-state index in [1.165, 1.54) is 41.7 Å². The molecule has 0 spiro atoms. The zero-order valence-electron chi connectivity index (χ0n) is 54.7. The van der Waals surface area contributed by atoms with Crippen molar-refractivity contribution in [3.63, 3.8) is 0 Å². The van der Waals surface area contributed by atoms with Crippen LogP contribution in [0.5, 0.6) is 5.75 Å². The summed E-state index contributed by atoms with van der Waals surface area (Å²) in [5.41, 5.74) is 27.8. The molecule has 0 aliphatic carbocycles. The number of carbonyl (C=O) groups is 11. The quantitative estimate of drug-likeness (QED) is 0.00760. The number of nitrogens with one attached hydrogen (secondary N) is 7. The number of carbonyl (C=O) groups excluding carboxylic acids is 11. The average molecular weight is 1310 g/mol. The van der Waals surface area contributed by atoms with Crippen LogP contribution in [0.1, 0.15) is 136 Å². The van der Waals surface area contributed by atoms with E-state index in [9.17, 15) is 63.0 Å². The molecule has 7 amide bonds. The summed E-state index contributed by atoms with van der Waals surface area (Å²) in [6.07, 6.45) is 5.12. The maximum Gasteiger partial charge on any atom is 0.312 e. The number of hydrogen-bond acceptors (Lipinski definition) is 16. The van der Waals surface area contributed by atoms with Crippen molar-refractivity contribution < 1.29 is 64.3 Å². The van der Waals surface area contributed by atoms with E-state index in [0.29, 0.717) is 36.6 Å². The summed E-state index contributed by atoms with van der Waals surface area (Å²) in [6, 6.07) is 6.43. The molecule has 2 aromatic heterocycles. The van der Waals surface area contributed by atoms with Crippen LogP contribution in [0, 0.1) is 29.6 Å². The van der Waals surface area contributed by atoms with Crippen LogP contribution in [0.4, 0.5) is 4.79 Å². The Morgan fingerprint density at radius 3 is 2.04 bits per heavy atom. The van der Waals surface area contributed by atoms with Gasteiger partial charge in [0.2, 0.25) is 29.5 Å². The second-order valence-corrected chi connectivity index (χ2v) is 24.3. The molecule has 0 bridgehead atoms. The molecule has 4 heterocycles. The molecule has 29 nitrogen and oxygen atoms in total. The number of H-pyrrole nitrogens is 2. The normalized spacial score (nSPS) is 16.6. The minimum absolute atomic E-state index is 0.00959. The minimum atomic E-state index is -1.51. The Bertz CT molecular complexity index is 3330. The average Bonchev–Trinajstić information content (AvgIpc) is 1.75. The van der Waals surface area contributed by atoms with Gasteiger partial charge in [0.1, 0.15) is 5.75 Å². The number of aromatic nitrogens is 3. The number of rotatable bonds is 39. The number of hydrogen-bond donors (Lipinski definition) is 12. The molecule has 2 aliphatic heterocycles. The second kappa shape index (κ2) is 38.5. The van der Waals surface area contributed by atoms with E-state index in [1.807, 2.05) is 39.0 Å². The Balaban J connectivity index is 0.00000397. The highest BCUT2D eigenvalue weighted by atomic mass is 16.3. The molecule has 6 rings (SSSR count). The van der Waals surface area contributed by atoms with Gasteiger partial charge >= 0.3 is 6.03 Å². The number of ketones is 5. The lowest BCUT2D eigenvalue weighted by Gasteiger charge is -2.29. The smallest absolute Gasteiger partial charge is 0.312 e. The number of phenolic OH excluding ortho intramolecular Hbond substituents is 1. The van der Waals surface area contributed by atoms with Crippen LogP contribution in [0.2, 0.25) is 0 Å². The van der Waals surface area contributed by atoms with Gasteiger partial charge in [-0.2, -0.15) is 0 Å². The van der Waals surface area contributed by atoms with Crippen molar-refractivity contribution >= 4 is 81.3 Å². The largest absolute Gasteiger partial charge is 0.508 e. The number of nitrogens with two attached hydrogens (primary N) is 3. The van der Waals surface area contributed by atoms with Crippen LogP contribution in [0.25, 0.3) is 21.3 Å². The first kappa shape index (κ1) is 73.6. The lowest BCUT2D eigenvalue weighted by Crippen LogP contribution is -2.50. The molecule has 2 fully saturated rings. The van der Waals surface area contributed by atoms with E-state index < -0.39 is 133 Å². The molecular formula is C65H92N16O13. The highest BCUT2D eigenvalue weighted by molar-refractivity contribution is 6.00. The number of aromatic amines is 2. The third kappa shape index (κ3) is 24.2. The Morgan fingerprint density at radius 2 is 1.41 bits per heavy atom. The van der Waals surface area contributed by atoms with Gasteiger partial charge in [-0.05, 0) is 98.6 Å². The number of amides is 7. The van der Waals surface area contributed by atoms with Crippen LogP contribution < -0.4 is 43.8 Å². The van der Waals surface area contributed by atoms with Gasteiger partial charge in [-0.25, -0.2) is 9.78 Å². The van der Waals surface area contributed by atoms with Gasteiger partial charge in [-0.15, -0.1) is 0 Å². The van der Waals surface area contributed by atoms with Gasteiger partial charge in [-0.1, -0.05) is 69.5 Å². The van der Waals surface area contributed by atoms with Gasteiger partial charge in [-0.3, -0.25) is 52.9 Å². The number of urea groups is 1. The number of aliphatic hydroxyl groups is 1. The number of aliphatic hydroxyl groups excluding tert-OH is 1. The molecule has 0 radical (unpaired) electrons. The van der Waals surface area contributed by atoms with Gasteiger partial charge in [0.15, 0.2) is 34.9 Å². The number of phenols is 1. The molecule has 2 aliphatic rings. The van der Waals surface area contributed by atoms with Crippen LogP contribution in [0.15, 0.2) is 77.4 Å². The predicted octanol–water partition coefficient (Wildman–Crippen LogP) is 3.49. The number of likely N-dealkylation sites (tertiary alicyclic amines) is 1. The summed E-state index contributed by atoms with van der Waals surface area (Å²) < 4.78 is 6.45. The molecule has 2 saturated heterocycles. The summed E-state index contributed by atoms with van der Waals surface area (Å²) in [5, 5.41) is 38.7. The Hall–Kier alpha value is -9.50. The third-order valence-electron chi connectivity index (χ3n) is 16.4. The SMILES string of the molecule is CC(C)C[C@H](NC(=O)[C@@H](CCCN=[N+]=[N-])CC(=O)[C@H](Cc1ccc(O)cc1)NC(=O)[C@H](CO)CC(=O)[C@H](Cc1c[nH]c2ccccc12)NC(=O)[C@@H](CC(=O)[C@@H]1CCC(=O)N1)Cc1cnc[nH]1)C(=O)C[C@@H](CCCN=C(N)N)C(=O)N1CCC[C@H]1C(=O)CNC(N)=O.[2H]CCC. The monoisotopic (exact) mass is 1310 g/mol. The van der Waals surface area contributed by atoms with Crippen molar-refractivity contribution in [2.45, 2.75) is 167 Å². The number of para-hydroxylation sites is 1. The Labute approximate surface area is 547 Å². The van der Waals surface area contributed by atoms with Crippen LogP contribution in [0.3, 0.4) is 0 Å². The molecule has 2 aromatic carbocycles. The summed E-state index contributed by atoms with van der Waals surface area (Å²) in [5.74, 6) is -11.1. The molecule has 15 N–H and O–H groups in total. The first-order chi connectivity index (χ1) is 45.4. The van der Waals surface area contributed by atoms with Crippen molar-refractivity contribution in [2.24, 2.45) is 56.9 Å². The molecule has 0 saturated carbocycles. The summed E-state index contributed by atoms with van der Waals surface area (Å²) >= 11 is 0. The summed E-state index contributed by atoms with van der Waals surface area (Å²) in [7, 11) is 0. The number of guanidine groups is 1. The van der Waals surface area contributed by atoms with Crippen molar-refractivity contribution in [2.75, 3.05) is 32.8 Å². The standard InChI is InChI=1S/C62H84N16O13.C3H8/c1-35(2)22-47(53(83)27-38(9-5-19-68-61(63)64)60(90)78-21-7-12-50(78)55(85)32-70-62(65)91)74-57(87)37(8-6-20-72-77-66)26-52(82)48(23-36-13-15-43(80)16-14-36)75-59(89)41(33-79)29-54(84)49(25-40-30-69-45-11-4-3-10-44(40)45)76-58(88)39(24-42-31-67-34-71-42)28-51(81)46-17-18-56(86)73-46;1-3-2/h3-4,10-11,13-16,30-31,34-35,37-39,41,46-50,69,79-80H,5-9,12,17-29,32-33H2,1-2H3,(H,67,71)(H,73,86)(H,74,87)(H,75,89)(H,76,88)(H4,63,64,68)(H3,65,70,91);3H2,1-2H3/t37-,38+,39+,41-,46-,47-,48-,49-,50-;/m0./s1/i;1D. The van der Waals surface area contributed by atoms with E-state index in [2.05, 4.69) is 56.6 Å². The second-order valence-electron chi connectivity index (χ2n) is 24.3. The fourth-order valence-corrected chi connectivity index (χ4v) is 11.6. The first-order valence-electron chi connectivity index (χ1n) is 32.6. The molecule has 29 heteroatoms. The maximum atomic E-state index is 14.9. The van der Waals surface area contributed by atoms with Gasteiger partial charge < -0.3 is 68.9 Å². The van der Waals surface area contributed by atoms with Crippen molar-refractivity contribution in [3.05, 3.63) is 94.5 Å². The maximum absolute atomic E-state index is 14.9. The lowest BCUT2D eigenvalue weighted by molar-refractivity contribution is -0.142. The van der Waals surface area contributed by atoms with E-state index >= 15 is 0 Å². The van der Waals surface area contributed by atoms with Gasteiger partial charge in [0, 0.05) is 112 Å². The summed E-state index contributed by atoms with van der Waals surface area (Å²) in [6.45, 7) is 5.13. The minimum Gasteiger partial charge on any atom is -0.508 e. The molecule has 94 heavy (non-hydrogen) atoms. The molecule has 4 aromatic rings. The predicted molar refractivity (Wildman–Crippen MR) is 349 cm³/mol. The van der Waals surface area contributed by atoms with E-state index in [0.717, 1.165) is 17.3 Å². The summed E-state index contributed by atoms with van der Waals surface area (Å²) in [4.78, 5) is 171. The molecular weight excluding hydrogens is 1210 g/mol. The molecule has 510 valence electrons. The van der Waals surface area contributed by atoms with Crippen LogP contribution >= 0.6 is 0 Å². The van der Waals surface area contributed by atoms with Crippen LogP contribution in [-0.2, 0) is 67.2 Å². The topological polar surface area (TPSA) is 475 Å². The van der Waals surface area contributed by atoms with E-state index in [1.54, 1.807) is 12.3 Å². The fourth-order valence-electron chi connectivity index (χ4n) is 11.6. The van der Waals surface area contributed by atoms with Crippen molar-refractivity contribution in [1.82, 2.24) is 46.4 Å². The van der Waals surface area contributed by atoms with Crippen LogP contribution in [-0.4, -0.2) is 164 Å². The van der Waals surface area contributed by atoms with Gasteiger partial charge in [0.25, 0.3) is 0 Å². The van der Waals surface area contributed by atoms with Crippen molar-refractivity contribution in [3.8, 4) is 5.75 Å². The van der Waals surface area contributed by atoms with Crippen molar-refractivity contribution in [1.29, 1.82) is 0 Å². The number of Topliss-reactive ketones (excluding diaryl/α,β-unsaturated/α-hetero) is 5. The highest BCUT2D eigenvalue weighted by Gasteiger charge is 2.40. The number of aliphatic imine (C=N–C) groups is 1. The number of fused-ring (bicyclic) bond motifs is 1. The molecule has 0 unspecified atom stereocenters. The first-order valence-corrected chi connectivity index (χ1v) is 31.9. The zero-order valence-corrected chi connectivity index (χ0v) is 53.7. The number of primary amides is 1. The lowest BCUT2D eigenvalue weighted by atomic mass is 9.88. The van der Waals surface area contributed by atoms with E-state index in [4.69, 9.17) is 24.1 Å². The zero-order chi connectivity index (χ0) is 69.6. The number of azide groups is 1. The number of imidazole rings is 1. The number of benzene rings is 2. The van der Waals surface area contributed by atoms with Gasteiger partial charge in [0.05, 0.1) is 61.5 Å². The number of nitrogens with zero attached hydrogens (tertiary/aromatic N) is 6. The fraction of sp³-hybridized carbons (Fsp3) is 0.554. The Kier molecular flexibility index (Phi) is 30.1. The van der Waals surface area contributed by atoms with E-state index in [-0.39, 0.29) is 126 Å². The Morgan fingerprint density at radius 1 is 0.787 bits per heavy atom.